The zero-order valence-corrected chi connectivity index (χ0v) is 7.05. The number of hydrogen-bond acceptors (Lipinski definition) is 4. The molecule has 0 atom stereocenters. The minimum Gasteiger partial charge on any atom is -0.463 e. The molecule has 1 N–H and O–H groups in total. The number of nitrogens with zero attached hydrogens (tertiary/aromatic N) is 1. The third-order valence-electron chi connectivity index (χ3n) is 0.852. The lowest BCUT2D eigenvalue weighted by atomic mass is 10.7. The number of carboxylic acid groups (broad SMARTS) is 1. The van der Waals surface area contributed by atoms with Crippen molar-refractivity contribution in [2.75, 3.05) is 12.8 Å². The summed E-state index contributed by atoms with van der Waals surface area (Å²) in [6.45, 7) is 1.70. The van der Waals surface area contributed by atoms with Crippen LogP contribution in [0.25, 0.3) is 0 Å². The van der Waals surface area contributed by atoms with E-state index in [0.29, 0.717) is 5.06 Å². The molecule has 0 heterocycles. The first kappa shape index (κ1) is 10.1. The van der Waals surface area contributed by atoms with Gasteiger partial charge in [0.25, 0.3) is 0 Å². The molecule has 0 saturated carbocycles. The van der Waals surface area contributed by atoms with E-state index >= 15 is 0 Å². The van der Waals surface area contributed by atoms with Crippen LogP contribution in [-0.4, -0.2) is 34.4 Å². The number of amides is 1. The molecule has 0 spiro atoms. The molecule has 0 aromatic carbocycles. The molecule has 0 aliphatic heterocycles. The van der Waals surface area contributed by atoms with E-state index in [2.05, 4.69) is 4.84 Å². The molecule has 0 aromatic heterocycles. The first-order valence-corrected chi connectivity index (χ1v) is 4.10. The predicted molar refractivity (Wildman–Crippen MR) is 40.4 cm³/mol. The highest BCUT2D eigenvalue weighted by Gasteiger charge is 2.13. The van der Waals surface area contributed by atoms with Crippen molar-refractivity contribution in [3.63, 3.8) is 0 Å². The van der Waals surface area contributed by atoms with Crippen LogP contribution in [0, 0.1) is 0 Å². The summed E-state index contributed by atoms with van der Waals surface area (Å²) in [5.41, 5.74) is 0. The Morgan fingerprint density at radius 3 is 2.45 bits per heavy atom. The highest BCUT2D eigenvalue weighted by Crippen LogP contribution is 2.02. The standard InChI is InChI=1S/C5H9NO4S/c1-3-6(4(7)8)10-5(9)11-2/h3H2,1-2H3,(H,7,8). The van der Waals surface area contributed by atoms with Gasteiger partial charge in [-0.15, -0.1) is 5.06 Å². The van der Waals surface area contributed by atoms with Gasteiger partial charge < -0.3 is 9.94 Å². The maximum absolute atomic E-state index is 10.5. The van der Waals surface area contributed by atoms with Gasteiger partial charge in [0, 0.05) is 0 Å². The second-order valence-electron chi connectivity index (χ2n) is 1.52. The predicted octanol–water partition coefficient (Wildman–Crippen LogP) is 1.40. The molecule has 0 bridgehead atoms. The smallest absolute Gasteiger partial charge is 0.440 e. The summed E-state index contributed by atoms with van der Waals surface area (Å²) >= 11 is 0.820. The molecule has 0 fully saturated rings. The lowest BCUT2D eigenvalue weighted by Gasteiger charge is -2.13. The van der Waals surface area contributed by atoms with E-state index in [-0.39, 0.29) is 6.54 Å². The molecule has 0 aliphatic carbocycles. The van der Waals surface area contributed by atoms with Gasteiger partial charge in [-0.3, -0.25) is 0 Å². The minimum atomic E-state index is -1.27. The molecule has 1 amide bonds. The Morgan fingerprint density at radius 1 is 1.64 bits per heavy atom. The van der Waals surface area contributed by atoms with Crippen LogP contribution in [0.5, 0.6) is 0 Å². The molecule has 11 heavy (non-hydrogen) atoms. The quantitative estimate of drug-likeness (QED) is 0.616. The first-order chi connectivity index (χ1) is 5.11. The molecule has 0 radical (unpaired) electrons. The van der Waals surface area contributed by atoms with Crippen molar-refractivity contribution in [1.29, 1.82) is 0 Å². The normalized spacial score (nSPS) is 8.91. The van der Waals surface area contributed by atoms with Crippen LogP contribution in [-0.2, 0) is 4.84 Å². The Balaban J connectivity index is 3.88. The van der Waals surface area contributed by atoms with Gasteiger partial charge in [-0.2, -0.15) is 0 Å². The van der Waals surface area contributed by atoms with Gasteiger partial charge in [0.15, 0.2) is 0 Å². The number of carbonyl (C=O) groups is 2. The van der Waals surface area contributed by atoms with Gasteiger partial charge in [-0.25, -0.2) is 9.59 Å². The van der Waals surface area contributed by atoms with Crippen LogP contribution >= 0.6 is 11.8 Å². The average molecular weight is 179 g/mol. The molecule has 0 aromatic rings. The van der Waals surface area contributed by atoms with Crippen LogP contribution in [0.2, 0.25) is 0 Å². The third-order valence-corrected chi connectivity index (χ3v) is 1.26. The van der Waals surface area contributed by atoms with E-state index in [1.54, 1.807) is 6.92 Å². The Kier molecular flexibility index (Phi) is 4.44. The Hall–Kier alpha value is -0.910. The molecule has 0 rings (SSSR count). The molecule has 0 aliphatic rings. The van der Waals surface area contributed by atoms with Crippen molar-refractivity contribution in [3.05, 3.63) is 0 Å². The summed E-state index contributed by atoms with van der Waals surface area (Å²) in [5, 5.41) is 8.30. The summed E-state index contributed by atoms with van der Waals surface area (Å²) in [4.78, 5) is 25.1. The summed E-state index contributed by atoms with van der Waals surface area (Å²) < 4.78 is 0. The summed E-state index contributed by atoms with van der Waals surface area (Å²) in [5.74, 6) is 0. The molecule has 6 heteroatoms. The fraction of sp³-hybridized carbons (Fsp3) is 0.600. The van der Waals surface area contributed by atoms with Crippen molar-refractivity contribution in [2.45, 2.75) is 6.92 Å². The monoisotopic (exact) mass is 179 g/mol. The maximum atomic E-state index is 10.5. The SMILES string of the molecule is CCN(OC(=O)SC)C(=O)O. The Morgan fingerprint density at radius 2 is 2.18 bits per heavy atom. The van der Waals surface area contributed by atoms with Gasteiger partial charge in [-0.1, -0.05) is 0 Å². The van der Waals surface area contributed by atoms with E-state index in [4.69, 9.17) is 5.11 Å². The van der Waals surface area contributed by atoms with E-state index in [0.717, 1.165) is 11.8 Å². The summed E-state index contributed by atoms with van der Waals surface area (Å²) in [6.07, 6.45) is 0.243. The Labute approximate surface area is 68.3 Å². The maximum Gasteiger partial charge on any atom is 0.440 e. The van der Waals surface area contributed by atoms with Gasteiger partial charge in [-0.05, 0) is 24.9 Å². The topological polar surface area (TPSA) is 66.8 Å². The van der Waals surface area contributed by atoms with Crippen LogP contribution in [0.15, 0.2) is 0 Å². The van der Waals surface area contributed by atoms with Gasteiger partial charge in [0.2, 0.25) is 0 Å². The van der Waals surface area contributed by atoms with Crippen LogP contribution in [0.3, 0.4) is 0 Å². The number of thioether (sulfide) groups is 1. The lowest BCUT2D eigenvalue weighted by Crippen LogP contribution is -2.30. The fourth-order valence-corrected chi connectivity index (χ4v) is 0.531. The van der Waals surface area contributed by atoms with Gasteiger partial charge >= 0.3 is 11.4 Å². The lowest BCUT2D eigenvalue weighted by molar-refractivity contribution is -0.0595. The molecule has 0 saturated heterocycles. The highest BCUT2D eigenvalue weighted by molar-refractivity contribution is 8.12. The summed E-state index contributed by atoms with van der Waals surface area (Å²) in [6, 6.07) is 0. The number of hydrogen-bond donors (Lipinski definition) is 1. The molecule has 64 valence electrons. The van der Waals surface area contributed by atoms with Crippen molar-refractivity contribution >= 4 is 23.2 Å². The number of carbonyl (C=O) groups excluding carboxylic acids is 1. The van der Waals surface area contributed by atoms with E-state index < -0.39 is 11.4 Å². The molecular weight excluding hydrogens is 170 g/mol. The fourth-order valence-electron chi connectivity index (χ4n) is 0.366. The Bertz CT molecular complexity index is 161. The first-order valence-electron chi connectivity index (χ1n) is 2.88. The zero-order chi connectivity index (χ0) is 8.85. The van der Waals surface area contributed by atoms with Crippen molar-refractivity contribution < 1.29 is 19.5 Å². The summed E-state index contributed by atoms with van der Waals surface area (Å²) in [7, 11) is 0. The second kappa shape index (κ2) is 4.84. The zero-order valence-electron chi connectivity index (χ0n) is 6.23. The number of rotatable bonds is 1. The average Bonchev–Trinajstić information content (AvgIpc) is 1.99. The van der Waals surface area contributed by atoms with Crippen molar-refractivity contribution in [1.82, 2.24) is 5.06 Å². The molecule has 0 unspecified atom stereocenters. The van der Waals surface area contributed by atoms with E-state index in [1.807, 2.05) is 0 Å². The van der Waals surface area contributed by atoms with Gasteiger partial charge in [0.05, 0.1) is 6.54 Å². The third kappa shape index (κ3) is 3.72. The largest absolute Gasteiger partial charge is 0.463 e. The van der Waals surface area contributed by atoms with Crippen LogP contribution in [0.4, 0.5) is 9.59 Å². The van der Waals surface area contributed by atoms with Crippen molar-refractivity contribution in [3.8, 4) is 0 Å². The van der Waals surface area contributed by atoms with E-state index in [9.17, 15) is 9.59 Å². The minimum absolute atomic E-state index is 0.127. The molecule has 5 nitrogen and oxygen atoms in total. The number of hydroxylamine groups is 2. The van der Waals surface area contributed by atoms with E-state index in [1.165, 1.54) is 6.26 Å². The van der Waals surface area contributed by atoms with Crippen molar-refractivity contribution in [2.24, 2.45) is 0 Å². The van der Waals surface area contributed by atoms with Crippen LogP contribution < -0.4 is 0 Å². The molecular formula is C5H9NO4S. The highest BCUT2D eigenvalue weighted by atomic mass is 32.2. The second-order valence-corrected chi connectivity index (χ2v) is 2.26. The van der Waals surface area contributed by atoms with Crippen LogP contribution in [0.1, 0.15) is 6.92 Å². The van der Waals surface area contributed by atoms with Gasteiger partial charge in [0.1, 0.15) is 0 Å².